The van der Waals surface area contributed by atoms with Crippen molar-refractivity contribution in [3.8, 4) is 5.75 Å². The first kappa shape index (κ1) is 29.7. The largest absolute Gasteiger partial charge is 0.491 e. The van der Waals surface area contributed by atoms with Gasteiger partial charge in [-0.25, -0.2) is 4.79 Å². The summed E-state index contributed by atoms with van der Waals surface area (Å²) in [6, 6.07) is 20.2. The van der Waals surface area contributed by atoms with E-state index < -0.39 is 5.97 Å². The number of likely N-dealkylation sites (tertiary alicyclic amines) is 1. The van der Waals surface area contributed by atoms with Gasteiger partial charge in [-0.3, -0.25) is 4.79 Å². The van der Waals surface area contributed by atoms with Crippen molar-refractivity contribution in [2.45, 2.75) is 39.2 Å². The minimum atomic E-state index is -0.974. The second kappa shape index (κ2) is 13.9. The predicted molar refractivity (Wildman–Crippen MR) is 166 cm³/mol. The van der Waals surface area contributed by atoms with Crippen molar-refractivity contribution in [2.24, 2.45) is 5.92 Å². The molecule has 0 radical (unpaired) electrons. The molecule has 210 valence electrons. The Hall–Kier alpha value is -3.30. The number of rotatable bonds is 11. The highest BCUT2D eigenvalue weighted by atomic mass is 79.9. The van der Waals surface area contributed by atoms with Crippen LogP contribution in [0.25, 0.3) is 0 Å². The lowest BCUT2D eigenvalue weighted by atomic mass is 10.1. The lowest BCUT2D eigenvalue weighted by Crippen LogP contribution is -2.40. The van der Waals surface area contributed by atoms with Crippen LogP contribution in [0.15, 0.2) is 87.6 Å². The Kier molecular flexibility index (Phi) is 10.3. The maximum absolute atomic E-state index is 13.3. The summed E-state index contributed by atoms with van der Waals surface area (Å²) in [4.78, 5) is 26.3. The number of allylic oxidation sites excluding steroid dienone is 1. The van der Waals surface area contributed by atoms with Gasteiger partial charge in [-0.2, -0.15) is 0 Å². The SMILES string of the molecule is CC/C=C(\Nc1ccccc1Br)Nc1ccc(CC(=O)N2CC(C)CC2COc2ccc(C(=O)O)cc2)cc1Br. The Morgan fingerprint density at radius 1 is 1.02 bits per heavy atom. The molecule has 7 nitrogen and oxygen atoms in total. The highest BCUT2D eigenvalue weighted by Gasteiger charge is 2.33. The van der Waals surface area contributed by atoms with Crippen LogP contribution in [0.5, 0.6) is 5.75 Å². The molecule has 3 aromatic rings. The van der Waals surface area contributed by atoms with Gasteiger partial charge in [-0.15, -0.1) is 0 Å². The highest BCUT2D eigenvalue weighted by Crippen LogP contribution is 2.29. The number of carbonyl (C=O) groups is 2. The number of halogens is 2. The molecule has 1 fully saturated rings. The molecule has 0 bridgehead atoms. The molecule has 1 saturated heterocycles. The molecular formula is C31H33Br2N3O4. The summed E-state index contributed by atoms with van der Waals surface area (Å²) in [5.74, 6) is 0.929. The number of carboxylic acid groups (broad SMARTS) is 1. The normalized spacial score (nSPS) is 17.0. The van der Waals surface area contributed by atoms with Crippen LogP contribution in [-0.2, 0) is 11.2 Å². The average Bonchev–Trinajstić information content (AvgIpc) is 3.31. The minimum Gasteiger partial charge on any atom is -0.491 e. The number of carbonyl (C=O) groups excluding carboxylic acids is 1. The molecule has 3 aromatic carbocycles. The average molecular weight is 671 g/mol. The molecule has 0 saturated carbocycles. The Morgan fingerprint density at radius 3 is 2.38 bits per heavy atom. The second-order valence-corrected chi connectivity index (χ2v) is 11.6. The van der Waals surface area contributed by atoms with E-state index in [0.29, 0.717) is 31.2 Å². The topological polar surface area (TPSA) is 90.9 Å². The van der Waals surface area contributed by atoms with Gasteiger partial charge in [0, 0.05) is 15.5 Å². The van der Waals surface area contributed by atoms with Gasteiger partial charge >= 0.3 is 5.97 Å². The van der Waals surface area contributed by atoms with Crippen LogP contribution < -0.4 is 15.4 Å². The fourth-order valence-corrected chi connectivity index (χ4v) is 5.65. The molecule has 2 atom stereocenters. The van der Waals surface area contributed by atoms with Gasteiger partial charge in [0.05, 0.1) is 29.4 Å². The maximum atomic E-state index is 13.3. The van der Waals surface area contributed by atoms with Gasteiger partial charge < -0.3 is 25.4 Å². The van der Waals surface area contributed by atoms with Crippen molar-refractivity contribution in [3.05, 3.63) is 98.7 Å². The number of hydrogen-bond acceptors (Lipinski definition) is 5. The van der Waals surface area contributed by atoms with Crippen LogP contribution in [0.2, 0.25) is 0 Å². The van der Waals surface area contributed by atoms with Crippen molar-refractivity contribution < 1.29 is 19.4 Å². The zero-order valence-corrected chi connectivity index (χ0v) is 25.7. The monoisotopic (exact) mass is 669 g/mol. The molecule has 40 heavy (non-hydrogen) atoms. The third-order valence-corrected chi connectivity index (χ3v) is 8.04. The van der Waals surface area contributed by atoms with Crippen molar-refractivity contribution in [1.82, 2.24) is 4.90 Å². The molecule has 1 aliphatic heterocycles. The van der Waals surface area contributed by atoms with Crippen molar-refractivity contribution >= 4 is 55.1 Å². The second-order valence-electron chi connectivity index (χ2n) is 9.93. The van der Waals surface area contributed by atoms with Gasteiger partial charge in [0.15, 0.2) is 0 Å². The smallest absolute Gasteiger partial charge is 0.335 e. The third kappa shape index (κ3) is 7.88. The molecule has 1 amide bonds. The third-order valence-electron chi connectivity index (χ3n) is 6.70. The van der Waals surface area contributed by atoms with Crippen molar-refractivity contribution in [2.75, 3.05) is 23.8 Å². The van der Waals surface area contributed by atoms with Crippen LogP contribution in [0, 0.1) is 5.92 Å². The van der Waals surface area contributed by atoms with E-state index >= 15 is 0 Å². The number of benzene rings is 3. The number of amides is 1. The minimum absolute atomic E-state index is 0.0313. The van der Waals surface area contributed by atoms with Crippen LogP contribution in [0.4, 0.5) is 11.4 Å². The van der Waals surface area contributed by atoms with Gasteiger partial charge in [-0.05, 0) is 111 Å². The first-order valence-corrected chi connectivity index (χ1v) is 14.8. The summed E-state index contributed by atoms with van der Waals surface area (Å²) < 4.78 is 7.77. The molecule has 0 spiro atoms. The van der Waals surface area contributed by atoms with E-state index in [2.05, 4.69) is 62.4 Å². The Balaban J connectivity index is 1.38. The first-order chi connectivity index (χ1) is 19.2. The van der Waals surface area contributed by atoms with E-state index in [-0.39, 0.29) is 17.5 Å². The van der Waals surface area contributed by atoms with Crippen LogP contribution in [-0.4, -0.2) is 41.1 Å². The molecule has 1 aliphatic rings. The molecular weight excluding hydrogens is 638 g/mol. The van der Waals surface area contributed by atoms with Gasteiger partial charge in [-0.1, -0.05) is 32.0 Å². The number of carboxylic acids is 1. The summed E-state index contributed by atoms with van der Waals surface area (Å²) >= 11 is 7.26. The number of hydrogen-bond donors (Lipinski definition) is 3. The van der Waals surface area contributed by atoms with E-state index in [1.165, 1.54) is 12.1 Å². The van der Waals surface area contributed by atoms with Crippen molar-refractivity contribution in [1.29, 1.82) is 0 Å². The van der Waals surface area contributed by atoms with Crippen LogP contribution in [0.1, 0.15) is 42.6 Å². The number of nitrogens with one attached hydrogen (secondary N) is 2. The number of para-hydroxylation sites is 1. The summed E-state index contributed by atoms with van der Waals surface area (Å²) in [7, 11) is 0. The molecule has 3 N–H and O–H groups in total. The Morgan fingerprint density at radius 2 is 1.73 bits per heavy atom. The Labute approximate surface area is 251 Å². The predicted octanol–water partition coefficient (Wildman–Crippen LogP) is 7.54. The summed E-state index contributed by atoms with van der Waals surface area (Å²) in [5, 5.41) is 16.0. The zero-order valence-electron chi connectivity index (χ0n) is 22.5. The molecule has 1 heterocycles. The fourth-order valence-electron chi connectivity index (χ4n) is 4.74. The highest BCUT2D eigenvalue weighted by molar-refractivity contribution is 9.11. The van der Waals surface area contributed by atoms with Gasteiger partial charge in [0.2, 0.25) is 5.91 Å². The molecule has 0 aromatic heterocycles. The zero-order chi connectivity index (χ0) is 28.6. The standard InChI is InChI=1S/C31H33Br2N3O4/c1-3-6-29(34-27-8-5-4-7-25(27)32)35-28-14-9-21(16-26(28)33)17-30(37)36-18-20(2)15-23(36)19-40-24-12-10-22(11-13-24)31(38)39/h4-14,16,20,23,34-35H,3,15,17-19H2,1-2H3,(H,38,39)/b29-6+. The van der Waals surface area contributed by atoms with E-state index in [1.54, 1.807) is 12.1 Å². The van der Waals surface area contributed by atoms with E-state index in [1.807, 2.05) is 47.4 Å². The maximum Gasteiger partial charge on any atom is 0.335 e. The molecule has 4 rings (SSSR count). The van der Waals surface area contributed by atoms with Crippen LogP contribution >= 0.6 is 31.9 Å². The number of nitrogens with zero attached hydrogens (tertiary/aromatic N) is 1. The number of anilines is 2. The summed E-state index contributed by atoms with van der Waals surface area (Å²) in [5.41, 5.74) is 2.99. The van der Waals surface area contributed by atoms with E-state index in [4.69, 9.17) is 9.84 Å². The number of aromatic carboxylic acids is 1. The summed E-state index contributed by atoms with van der Waals surface area (Å²) in [6.45, 7) is 5.28. The number of ether oxygens (including phenoxy) is 1. The van der Waals surface area contributed by atoms with Gasteiger partial charge in [0.25, 0.3) is 0 Å². The lowest BCUT2D eigenvalue weighted by molar-refractivity contribution is -0.131. The van der Waals surface area contributed by atoms with Crippen molar-refractivity contribution in [3.63, 3.8) is 0 Å². The van der Waals surface area contributed by atoms with Crippen LogP contribution in [0.3, 0.4) is 0 Å². The quantitative estimate of drug-likeness (QED) is 0.195. The van der Waals surface area contributed by atoms with E-state index in [9.17, 15) is 9.59 Å². The fraction of sp³-hybridized carbons (Fsp3) is 0.290. The van der Waals surface area contributed by atoms with E-state index in [0.717, 1.165) is 44.5 Å². The Bertz CT molecular complexity index is 1380. The molecule has 2 unspecified atom stereocenters. The molecule has 0 aliphatic carbocycles. The van der Waals surface area contributed by atoms with Gasteiger partial charge in [0.1, 0.15) is 18.2 Å². The summed E-state index contributed by atoms with van der Waals surface area (Å²) in [6.07, 6.45) is 4.10. The lowest BCUT2D eigenvalue weighted by Gasteiger charge is -2.25. The molecule has 9 heteroatoms. The first-order valence-electron chi connectivity index (χ1n) is 13.3.